The summed E-state index contributed by atoms with van der Waals surface area (Å²) in [5.41, 5.74) is 0. The Morgan fingerprint density at radius 3 is 1.64 bits per heavy atom. The first-order chi connectivity index (χ1) is 5.21. The van der Waals surface area contributed by atoms with Crippen LogP contribution in [0.1, 0.15) is 27.7 Å². The third kappa shape index (κ3) is 7.25. The van der Waals surface area contributed by atoms with E-state index in [9.17, 15) is 8.42 Å². The van der Waals surface area contributed by atoms with Gasteiger partial charge in [-0.15, -0.1) is 0 Å². The summed E-state index contributed by atoms with van der Waals surface area (Å²) < 4.78 is 23.4. The van der Waals surface area contributed by atoms with E-state index in [0.29, 0.717) is 0 Å². The van der Waals surface area contributed by atoms with Crippen molar-refractivity contribution in [3.8, 4) is 0 Å². The topological polar surface area (TPSA) is 46.5 Å². The van der Waals surface area contributed by atoms with Gasteiger partial charge in [0.05, 0.1) is 5.41 Å². The standard InChI is InChI=1S/C3H3NO2S.2C2H6/c5-7(6)3-1-2-4-7;2*1-2/h1-3H;2*1-2H3. The van der Waals surface area contributed by atoms with Crippen LogP contribution in [0.2, 0.25) is 0 Å². The van der Waals surface area contributed by atoms with Crippen LogP contribution in [0.3, 0.4) is 0 Å². The van der Waals surface area contributed by atoms with Crippen LogP contribution in [0.25, 0.3) is 0 Å². The highest BCUT2D eigenvalue weighted by Gasteiger charge is 2.01. The van der Waals surface area contributed by atoms with Gasteiger partial charge in [0.25, 0.3) is 10.0 Å². The predicted molar refractivity (Wildman–Crippen MR) is 49.2 cm³/mol. The summed E-state index contributed by atoms with van der Waals surface area (Å²) in [7, 11) is -3.16. The van der Waals surface area contributed by atoms with Gasteiger partial charge in [-0.2, -0.15) is 12.8 Å². The molecule has 0 aliphatic carbocycles. The first-order valence-electron chi connectivity index (χ1n) is 3.68. The summed E-state index contributed by atoms with van der Waals surface area (Å²) in [5, 5.41) is 1.05. The van der Waals surface area contributed by atoms with E-state index < -0.39 is 10.0 Å². The average Bonchev–Trinajstić information content (AvgIpc) is 2.43. The van der Waals surface area contributed by atoms with Crippen LogP contribution in [0.15, 0.2) is 15.9 Å². The molecule has 1 aliphatic heterocycles. The average molecular weight is 177 g/mol. The van der Waals surface area contributed by atoms with Crippen molar-refractivity contribution >= 4 is 16.2 Å². The first kappa shape index (κ1) is 13.0. The quantitative estimate of drug-likeness (QED) is 0.568. The van der Waals surface area contributed by atoms with Gasteiger partial charge in [-0.25, -0.2) is 0 Å². The summed E-state index contributed by atoms with van der Waals surface area (Å²) in [5.74, 6) is 0. The molecule has 66 valence electrons. The number of hydrogen-bond donors (Lipinski definition) is 0. The van der Waals surface area contributed by atoms with Gasteiger partial charge in [-0.3, -0.25) is 0 Å². The van der Waals surface area contributed by atoms with Crippen LogP contribution >= 0.6 is 0 Å². The zero-order valence-electron chi connectivity index (χ0n) is 7.40. The highest BCUT2D eigenvalue weighted by molar-refractivity contribution is 7.93. The van der Waals surface area contributed by atoms with E-state index in [-0.39, 0.29) is 0 Å². The summed E-state index contributed by atoms with van der Waals surface area (Å²) in [6.45, 7) is 8.00. The minimum absolute atomic E-state index is 1.05. The number of nitrogens with zero attached hydrogens (tertiary/aromatic N) is 1. The Balaban J connectivity index is 0. The lowest BCUT2D eigenvalue weighted by Gasteiger charge is -1.73. The Bertz CT molecular complexity index is 197. The molecule has 1 rings (SSSR count). The molecule has 3 nitrogen and oxygen atoms in total. The zero-order chi connectivity index (χ0) is 9.33. The van der Waals surface area contributed by atoms with Gasteiger partial charge >= 0.3 is 0 Å². The summed E-state index contributed by atoms with van der Waals surface area (Å²) >= 11 is 0. The number of allylic oxidation sites excluding steroid dienone is 1. The van der Waals surface area contributed by atoms with Crippen LogP contribution < -0.4 is 0 Å². The van der Waals surface area contributed by atoms with Crippen LogP contribution in [-0.4, -0.2) is 14.6 Å². The highest BCUT2D eigenvalue weighted by atomic mass is 32.2. The molecule has 0 amide bonds. The van der Waals surface area contributed by atoms with E-state index >= 15 is 0 Å². The Morgan fingerprint density at radius 2 is 1.55 bits per heavy atom. The van der Waals surface area contributed by atoms with Gasteiger partial charge < -0.3 is 0 Å². The number of hydrogen-bond acceptors (Lipinski definition) is 2. The molecule has 0 N–H and O–H groups in total. The second-order valence-corrected chi connectivity index (χ2v) is 2.61. The lowest BCUT2D eigenvalue weighted by Crippen LogP contribution is -1.80. The fourth-order valence-electron chi connectivity index (χ4n) is 0.290. The molecule has 0 spiro atoms. The van der Waals surface area contributed by atoms with Crippen molar-refractivity contribution in [2.75, 3.05) is 0 Å². The van der Waals surface area contributed by atoms with E-state index in [1.165, 1.54) is 12.3 Å². The van der Waals surface area contributed by atoms with Crippen LogP contribution in [-0.2, 0) is 10.0 Å². The van der Waals surface area contributed by atoms with Crippen molar-refractivity contribution in [2.24, 2.45) is 4.40 Å². The van der Waals surface area contributed by atoms with Crippen LogP contribution in [0.4, 0.5) is 0 Å². The van der Waals surface area contributed by atoms with Gasteiger partial charge in [0.1, 0.15) is 0 Å². The van der Waals surface area contributed by atoms with Gasteiger partial charge in [0.2, 0.25) is 0 Å². The van der Waals surface area contributed by atoms with E-state index in [2.05, 4.69) is 4.40 Å². The number of rotatable bonds is 0. The Labute approximate surface area is 68.9 Å². The third-order valence-corrected chi connectivity index (χ3v) is 1.46. The molecule has 0 radical (unpaired) electrons. The monoisotopic (exact) mass is 177 g/mol. The smallest absolute Gasteiger partial charge is 0.200 e. The van der Waals surface area contributed by atoms with Crippen molar-refractivity contribution in [1.29, 1.82) is 0 Å². The maximum Gasteiger partial charge on any atom is 0.275 e. The van der Waals surface area contributed by atoms with E-state index in [0.717, 1.165) is 5.41 Å². The fraction of sp³-hybridized carbons (Fsp3) is 0.571. The molecular weight excluding hydrogens is 162 g/mol. The molecule has 4 heteroatoms. The fourth-order valence-corrected chi connectivity index (χ4v) is 0.869. The van der Waals surface area contributed by atoms with Gasteiger partial charge in [-0.1, -0.05) is 27.7 Å². The second-order valence-electron chi connectivity index (χ2n) is 1.10. The van der Waals surface area contributed by atoms with Crippen molar-refractivity contribution in [1.82, 2.24) is 0 Å². The molecule has 0 aromatic carbocycles. The first-order valence-corrected chi connectivity index (χ1v) is 5.18. The molecular formula is C7H15NO2S. The maximum atomic E-state index is 10.1. The molecule has 0 aromatic rings. The lowest BCUT2D eigenvalue weighted by atomic mass is 10.7. The molecule has 1 aliphatic rings. The normalized spacial score (nSPS) is 16.0. The second kappa shape index (κ2) is 7.47. The number of sulfonamides is 1. The van der Waals surface area contributed by atoms with Crippen molar-refractivity contribution in [3.05, 3.63) is 11.5 Å². The Hall–Kier alpha value is -0.640. The predicted octanol–water partition coefficient (Wildman–Crippen LogP) is 1.97. The van der Waals surface area contributed by atoms with Crippen LogP contribution in [0, 0.1) is 0 Å². The highest BCUT2D eigenvalue weighted by Crippen LogP contribution is 1.97. The molecule has 0 bridgehead atoms. The lowest BCUT2D eigenvalue weighted by molar-refractivity contribution is 0.607. The summed E-state index contributed by atoms with van der Waals surface area (Å²) in [4.78, 5) is 0. The van der Waals surface area contributed by atoms with E-state index in [1.54, 1.807) is 0 Å². The minimum atomic E-state index is -3.16. The minimum Gasteiger partial charge on any atom is -0.200 e. The van der Waals surface area contributed by atoms with Gasteiger partial charge in [0.15, 0.2) is 0 Å². The third-order valence-electron chi connectivity index (χ3n) is 0.544. The van der Waals surface area contributed by atoms with Crippen LogP contribution in [0.5, 0.6) is 0 Å². The van der Waals surface area contributed by atoms with Crippen molar-refractivity contribution in [3.63, 3.8) is 0 Å². The Kier molecular flexibility index (Phi) is 8.82. The maximum absolute atomic E-state index is 10.1. The molecule has 0 saturated carbocycles. The van der Waals surface area contributed by atoms with Gasteiger partial charge in [0, 0.05) is 6.21 Å². The van der Waals surface area contributed by atoms with E-state index in [4.69, 9.17) is 0 Å². The molecule has 11 heavy (non-hydrogen) atoms. The van der Waals surface area contributed by atoms with Crippen molar-refractivity contribution in [2.45, 2.75) is 27.7 Å². The molecule has 0 saturated heterocycles. The van der Waals surface area contributed by atoms with Crippen molar-refractivity contribution < 1.29 is 8.42 Å². The zero-order valence-corrected chi connectivity index (χ0v) is 8.22. The molecule has 0 unspecified atom stereocenters. The SMILES string of the molecule is CC.CC.O=S1(=O)C=CC=N1. The van der Waals surface area contributed by atoms with Gasteiger partial charge in [-0.05, 0) is 6.08 Å². The molecule has 0 aromatic heterocycles. The molecule has 0 fully saturated rings. The Morgan fingerprint density at radius 1 is 1.09 bits per heavy atom. The largest absolute Gasteiger partial charge is 0.275 e. The summed E-state index contributed by atoms with van der Waals surface area (Å²) in [6, 6.07) is 0. The molecule has 0 atom stereocenters. The van der Waals surface area contributed by atoms with E-state index in [1.807, 2.05) is 27.7 Å². The summed E-state index contributed by atoms with van der Waals surface area (Å²) in [6.07, 6.45) is 2.63. The molecule has 1 heterocycles.